The van der Waals surface area contributed by atoms with E-state index in [1.54, 1.807) is 25.2 Å². The van der Waals surface area contributed by atoms with Gasteiger partial charge in [0.2, 0.25) is 0 Å². The molecular formula is C21H24Cl2N2O. The van der Waals surface area contributed by atoms with E-state index in [2.05, 4.69) is 24.1 Å². The van der Waals surface area contributed by atoms with E-state index in [9.17, 15) is 4.79 Å². The van der Waals surface area contributed by atoms with Gasteiger partial charge in [-0.3, -0.25) is 9.79 Å². The number of allylic oxidation sites excluding steroid dienone is 3. The molecular weight excluding hydrogens is 367 g/mol. The highest BCUT2D eigenvalue weighted by Crippen LogP contribution is 2.40. The van der Waals surface area contributed by atoms with Crippen LogP contribution in [-0.4, -0.2) is 36.7 Å². The lowest BCUT2D eigenvalue weighted by molar-refractivity contribution is -0.124. The van der Waals surface area contributed by atoms with Crippen LogP contribution in [0.25, 0.3) is 0 Å². The number of halogens is 2. The number of amides is 1. The SMILES string of the molecule is CN=C(C(=O)N(C)C(C1=CC=C(C)CC1)C1CC1)c1cc(Cl)cc(Cl)c1. The molecule has 1 fully saturated rings. The third-order valence-electron chi connectivity index (χ3n) is 5.14. The van der Waals surface area contributed by atoms with Crippen LogP contribution >= 0.6 is 23.2 Å². The molecule has 0 N–H and O–H groups in total. The Bertz CT molecular complexity index is 786. The van der Waals surface area contributed by atoms with Crippen molar-refractivity contribution in [3.63, 3.8) is 0 Å². The van der Waals surface area contributed by atoms with Crippen molar-refractivity contribution in [2.75, 3.05) is 14.1 Å². The molecule has 0 saturated heterocycles. The fraction of sp³-hybridized carbons (Fsp3) is 0.429. The molecule has 138 valence electrons. The Morgan fingerprint density at radius 2 is 1.81 bits per heavy atom. The largest absolute Gasteiger partial charge is 0.333 e. The Morgan fingerprint density at radius 3 is 2.31 bits per heavy atom. The van der Waals surface area contributed by atoms with Gasteiger partial charge in [0.05, 0.1) is 6.04 Å². The molecule has 5 heteroatoms. The predicted octanol–water partition coefficient (Wildman–Crippen LogP) is 5.32. The molecule has 1 saturated carbocycles. The highest BCUT2D eigenvalue weighted by atomic mass is 35.5. The molecule has 0 aromatic heterocycles. The zero-order chi connectivity index (χ0) is 18.8. The molecule has 2 aliphatic rings. The van der Waals surface area contributed by atoms with Crippen molar-refractivity contribution in [2.45, 2.75) is 38.6 Å². The van der Waals surface area contributed by atoms with Gasteiger partial charge in [0.15, 0.2) is 0 Å². The summed E-state index contributed by atoms with van der Waals surface area (Å²) in [7, 11) is 3.52. The van der Waals surface area contributed by atoms with Crippen molar-refractivity contribution in [3.05, 3.63) is 57.1 Å². The Labute approximate surface area is 165 Å². The molecule has 0 heterocycles. The lowest BCUT2D eigenvalue weighted by Gasteiger charge is -2.32. The smallest absolute Gasteiger partial charge is 0.272 e. The average molecular weight is 391 g/mol. The molecule has 3 rings (SSSR count). The van der Waals surface area contributed by atoms with E-state index in [1.165, 1.54) is 24.0 Å². The topological polar surface area (TPSA) is 32.7 Å². The van der Waals surface area contributed by atoms with Crippen LogP contribution in [0.2, 0.25) is 10.0 Å². The normalized spacial score (nSPS) is 18.9. The highest BCUT2D eigenvalue weighted by molar-refractivity contribution is 6.46. The summed E-state index contributed by atoms with van der Waals surface area (Å²) >= 11 is 12.2. The van der Waals surface area contributed by atoms with E-state index in [0.717, 1.165) is 12.8 Å². The maximum Gasteiger partial charge on any atom is 0.272 e. The van der Waals surface area contributed by atoms with Crippen molar-refractivity contribution in [1.82, 2.24) is 4.90 Å². The molecule has 1 aromatic carbocycles. The third kappa shape index (κ3) is 4.21. The molecule has 0 radical (unpaired) electrons. The number of benzene rings is 1. The first kappa shape index (κ1) is 19.2. The summed E-state index contributed by atoms with van der Waals surface area (Å²) in [5.74, 6) is 0.456. The van der Waals surface area contributed by atoms with Crippen molar-refractivity contribution in [3.8, 4) is 0 Å². The molecule has 1 amide bonds. The summed E-state index contributed by atoms with van der Waals surface area (Å²) in [6.45, 7) is 2.15. The van der Waals surface area contributed by atoms with Crippen molar-refractivity contribution in [1.29, 1.82) is 0 Å². The van der Waals surface area contributed by atoms with Crippen molar-refractivity contribution >= 4 is 34.8 Å². The van der Waals surface area contributed by atoms with Gasteiger partial charge < -0.3 is 4.90 Å². The Morgan fingerprint density at radius 1 is 1.15 bits per heavy atom. The number of nitrogens with zero attached hydrogens (tertiary/aromatic N) is 2. The molecule has 3 nitrogen and oxygen atoms in total. The number of likely N-dealkylation sites (N-methyl/N-ethyl adjacent to an activating group) is 1. The van der Waals surface area contributed by atoms with Gasteiger partial charge in [0.25, 0.3) is 5.91 Å². The number of carbonyl (C=O) groups excluding carboxylic acids is 1. The number of hydrogen-bond donors (Lipinski definition) is 0. The first-order valence-corrected chi connectivity index (χ1v) is 9.73. The predicted molar refractivity (Wildman–Crippen MR) is 109 cm³/mol. The third-order valence-corrected chi connectivity index (χ3v) is 5.57. The quantitative estimate of drug-likeness (QED) is 0.626. The van der Waals surface area contributed by atoms with Crippen LogP contribution in [0.5, 0.6) is 0 Å². The van der Waals surface area contributed by atoms with Crippen LogP contribution in [0, 0.1) is 5.92 Å². The summed E-state index contributed by atoms with van der Waals surface area (Å²) in [5, 5.41) is 0.997. The average Bonchev–Trinajstić information content (AvgIpc) is 3.41. The summed E-state index contributed by atoms with van der Waals surface area (Å²) in [6, 6.07) is 5.26. The number of rotatable bonds is 5. The first-order chi connectivity index (χ1) is 12.4. The molecule has 1 aromatic rings. The van der Waals surface area contributed by atoms with Gasteiger partial charge in [0, 0.05) is 29.7 Å². The summed E-state index contributed by atoms with van der Waals surface area (Å²) in [6.07, 6.45) is 8.80. The monoisotopic (exact) mass is 390 g/mol. The fourth-order valence-electron chi connectivity index (χ4n) is 3.62. The molecule has 0 spiro atoms. The summed E-state index contributed by atoms with van der Waals surface area (Å²) in [5.41, 5.74) is 3.78. The molecule has 1 atom stereocenters. The van der Waals surface area contributed by atoms with Gasteiger partial charge in [-0.05, 0) is 62.3 Å². The van der Waals surface area contributed by atoms with Gasteiger partial charge in [0.1, 0.15) is 5.71 Å². The van der Waals surface area contributed by atoms with Crippen LogP contribution in [0.1, 0.15) is 38.2 Å². The standard InChI is InChI=1S/C21H24Cl2N2O/c1-13-4-6-14(7-5-13)20(15-8-9-15)25(3)21(26)19(24-2)16-10-17(22)12-18(23)11-16/h4,6,10-12,15,20H,5,7-9H2,1-3H3. The van der Waals surface area contributed by atoms with Gasteiger partial charge in [-0.25, -0.2) is 0 Å². The van der Waals surface area contributed by atoms with Gasteiger partial charge in [-0.1, -0.05) is 40.9 Å². The minimum Gasteiger partial charge on any atom is -0.333 e. The fourth-order valence-corrected chi connectivity index (χ4v) is 4.14. The van der Waals surface area contributed by atoms with Crippen LogP contribution in [-0.2, 0) is 4.79 Å². The molecule has 0 aliphatic heterocycles. The lowest BCUT2D eigenvalue weighted by Crippen LogP contribution is -2.44. The molecule has 1 unspecified atom stereocenters. The minimum absolute atomic E-state index is 0.0880. The number of carbonyl (C=O) groups is 1. The second-order valence-corrected chi connectivity index (χ2v) is 8.06. The Kier molecular flexibility index (Phi) is 5.89. The molecule has 0 bridgehead atoms. The van der Waals surface area contributed by atoms with E-state index in [0.29, 0.717) is 27.2 Å². The number of aliphatic imine (C=N–C) groups is 1. The summed E-state index contributed by atoms with van der Waals surface area (Å²) < 4.78 is 0. The van der Waals surface area contributed by atoms with Crippen LogP contribution in [0.15, 0.2) is 46.5 Å². The second kappa shape index (κ2) is 7.98. The lowest BCUT2D eigenvalue weighted by atomic mass is 9.90. The first-order valence-electron chi connectivity index (χ1n) is 8.97. The van der Waals surface area contributed by atoms with E-state index >= 15 is 0 Å². The highest BCUT2D eigenvalue weighted by Gasteiger charge is 2.39. The Hall–Kier alpha value is -1.58. The summed E-state index contributed by atoms with van der Waals surface area (Å²) in [4.78, 5) is 19.4. The van der Waals surface area contributed by atoms with Crippen LogP contribution in [0.4, 0.5) is 0 Å². The van der Waals surface area contributed by atoms with Gasteiger partial charge in [-0.15, -0.1) is 0 Å². The zero-order valence-corrected chi connectivity index (χ0v) is 16.9. The Balaban J connectivity index is 1.88. The van der Waals surface area contributed by atoms with Gasteiger partial charge >= 0.3 is 0 Å². The zero-order valence-electron chi connectivity index (χ0n) is 15.4. The van der Waals surface area contributed by atoms with Crippen LogP contribution in [0.3, 0.4) is 0 Å². The maximum atomic E-state index is 13.2. The molecule has 2 aliphatic carbocycles. The van der Waals surface area contributed by atoms with Crippen molar-refractivity contribution < 1.29 is 4.79 Å². The minimum atomic E-state index is -0.0880. The van der Waals surface area contributed by atoms with E-state index in [1.807, 2.05) is 11.9 Å². The molecule has 26 heavy (non-hydrogen) atoms. The second-order valence-electron chi connectivity index (χ2n) is 7.18. The maximum absolute atomic E-state index is 13.2. The van der Waals surface area contributed by atoms with Crippen molar-refractivity contribution in [2.24, 2.45) is 10.9 Å². The van der Waals surface area contributed by atoms with Gasteiger partial charge in [-0.2, -0.15) is 0 Å². The van der Waals surface area contributed by atoms with E-state index in [4.69, 9.17) is 23.2 Å². The van der Waals surface area contributed by atoms with Crippen LogP contribution < -0.4 is 0 Å². The van der Waals surface area contributed by atoms with E-state index in [-0.39, 0.29) is 11.9 Å². The number of hydrogen-bond acceptors (Lipinski definition) is 2. The van der Waals surface area contributed by atoms with E-state index < -0.39 is 0 Å².